The molecule has 4 bridgehead atoms. The standard InChI is InChI=1S/C11H15N3S2/c1-2-3-15-10-9(12-16-13-10)11-6-14-4-7(11)8(11)5-14/h7-8H,2-6H2,1H3. The summed E-state index contributed by atoms with van der Waals surface area (Å²) in [5.41, 5.74) is 1.80. The second-order valence-corrected chi connectivity index (χ2v) is 6.83. The first kappa shape index (κ1) is 9.85. The third-order valence-electron chi connectivity index (χ3n) is 4.44. The van der Waals surface area contributed by atoms with Gasteiger partial charge in [0.15, 0.2) is 0 Å². The zero-order valence-electron chi connectivity index (χ0n) is 9.35. The predicted molar refractivity (Wildman–Crippen MR) is 66.0 cm³/mol. The van der Waals surface area contributed by atoms with Gasteiger partial charge in [0.05, 0.1) is 17.4 Å². The molecule has 5 heteroatoms. The molecule has 0 aromatic carbocycles. The van der Waals surface area contributed by atoms with Crippen LogP contribution in [-0.4, -0.2) is 39.0 Å². The number of piperidine rings is 3. The summed E-state index contributed by atoms with van der Waals surface area (Å²) in [6.45, 7) is 6.12. The second kappa shape index (κ2) is 3.21. The lowest BCUT2D eigenvalue weighted by atomic mass is 10.0. The van der Waals surface area contributed by atoms with Crippen LogP contribution in [0.15, 0.2) is 5.03 Å². The van der Waals surface area contributed by atoms with Crippen LogP contribution in [0.3, 0.4) is 0 Å². The summed E-state index contributed by atoms with van der Waals surface area (Å²) in [6, 6.07) is 0. The lowest BCUT2D eigenvalue weighted by Gasteiger charge is -2.09. The maximum atomic E-state index is 4.62. The molecule has 5 rings (SSSR count). The topological polar surface area (TPSA) is 29.0 Å². The van der Waals surface area contributed by atoms with Gasteiger partial charge in [-0.15, -0.1) is 11.8 Å². The van der Waals surface area contributed by atoms with Crippen LogP contribution in [0.2, 0.25) is 0 Å². The van der Waals surface area contributed by atoms with Gasteiger partial charge in [0.2, 0.25) is 0 Å². The van der Waals surface area contributed by atoms with Gasteiger partial charge in [-0.05, 0) is 24.0 Å². The zero-order valence-corrected chi connectivity index (χ0v) is 11.0. The van der Waals surface area contributed by atoms with E-state index in [-0.39, 0.29) is 0 Å². The van der Waals surface area contributed by atoms with Crippen molar-refractivity contribution in [2.75, 3.05) is 25.4 Å². The third kappa shape index (κ3) is 1.05. The molecule has 3 nitrogen and oxygen atoms in total. The number of hydrogen-bond acceptors (Lipinski definition) is 5. The van der Waals surface area contributed by atoms with Gasteiger partial charge in [-0.2, -0.15) is 8.75 Å². The number of hydrogen-bond donors (Lipinski definition) is 0. The Morgan fingerprint density at radius 2 is 2.25 bits per heavy atom. The second-order valence-electron chi connectivity index (χ2n) is 5.21. The molecule has 1 aromatic heterocycles. The van der Waals surface area contributed by atoms with E-state index >= 15 is 0 Å². The van der Waals surface area contributed by atoms with Crippen molar-refractivity contribution in [2.24, 2.45) is 11.8 Å². The molecule has 4 fully saturated rings. The Morgan fingerprint density at radius 1 is 1.44 bits per heavy atom. The fourth-order valence-corrected chi connectivity index (χ4v) is 5.41. The van der Waals surface area contributed by atoms with Crippen LogP contribution in [0.4, 0.5) is 0 Å². The minimum atomic E-state index is 0.447. The lowest BCUT2D eigenvalue weighted by molar-refractivity contribution is 0.405. The van der Waals surface area contributed by atoms with E-state index in [2.05, 4.69) is 20.6 Å². The van der Waals surface area contributed by atoms with E-state index in [0.717, 1.165) is 11.8 Å². The smallest absolute Gasteiger partial charge is 0.134 e. The van der Waals surface area contributed by atoms with E-state index in [1.54, 1.807) is 0 Å². The molecule has 4 heterocycles. The summed E-state index contributed by atoms with van der Waals surface area (Å²) in [7, 11) is 0. The van der Waals surface area contributed by atoms with E-state index in [1.807, 2.05) is 11.8 Å². The number of rotatable bonds is 4. The van der Waals surface area contributed by atoms with Gasteiger partial charge in [-0.1, -0.05) is 6.92 Å². The molecule has 3 aliphatic heterocycles. The minimum absolute atomic E-state index is 0.447. The summed E-state index contributed by atoms with van der Waals surface area (Å²) in [5.74, 6) is 3.00. The number of thioether (sulfide) groups is 1. The van der Waals surface area contributed by atoms with Crippen molar-refractivity contribution < 1.29 is 0 Å². The molecule has 1 aliphatic carbocycles. The van der Waals surface area contributed by atoms with Crippen LogP contribution in [0.25, 0.3) is 0 Å². The predicted octanol–water partition coefficient (Wildman–Crippen LogP) is 1.85. The van der Waals surface area contributed by atoms with Crippen molar-refractivity contribution in [1.29, 1.82) is 0 Å². The number of aromatic nitrogens is 2. The summed E-state index contributed by atoms with van der Waals surface area (Å²) in [5, 5.41) is 1.24. The van der Waals surface area contributed by atoms with Crippen LogP contribution in [-0.2, 0) is 5.41 Å². The Balaban J connectivity index is 1.66. The van der Waals surface area contributed by atoms with Gasteiger partial charge in [0, 0.05) is 25.0 Å². The highest BCUT2D eigenvalue weighted by Gasteiger charge is 2.76. The van der Waals surface area contributed by atoms with E-state index in [0.29, 0.717) is 5.41 Å². The molecule has 2 unspecified atom stereocenters. The highest BCUT2D eigenvalue weighted by atomic mass is 32.2. The lowest BCUT2D eigenvalue weighted by Crippen LogP contribution is -2.16. The molecule has 4 aliphatic rings. The largest absolute Gasteiger partial charge is 0.302 e. The maximum Gasteiger partial charge on any atom is 0.134 e. The Hall–Kier alpha value is -0.130. The van der Waals surface area contributed by atoms with Gasteiger partial charge >= 0.3 is 0 Å². The van der Waals surface area contributed by atoms with Crippen molar-refractivity contribution in [3.8, 4) is 0 Å². The maximum absolute atomic E-state index is 4.62. The number of nitrogens with zero attached hydrogens (tertiary/aromatic N) is 3. The van der Waals surface area contributed by atoms with Crippen molar-refractivity contribution in [1.82, 2.24) is 13.6 Å². The molecule has 1 aromatic rings. The first-order chi connectivity index (χ1) is 7.86. The van der Waals surface area contributed by atoms with E-state index < -0.39 is 0 Å². The molecule has 2 atom stereocenters. The van der Waals surface area contributed by atoms with E-state index in [9.17, 15) is 0 Å². The Labute approximate surface area is 104 Å². The van der Waals surface area contributed by atoms with E-state index in [1.165, 1.54) is 54.3 Å². The fraction of sp³-hybridized carbons (Fsp3) is 0.818. The summed E-state index contributed by atoms with van der Waals surface area (Å²) in [6.07, 6.45) is 1.22. The SMILES string of the molecule is CCCSc1nsnc1C12CN3CC1C2C3. The average molecular weight is 253 g/mol. The molecule has 0 radical (unpaired) electrons. The first-order valence-electron chi connectivity index (χ1n) is 6.04. The first-order valence-corrected chi connectivity index (χ1v) is 7.76. The summed E-state index contributed by atoms with van der Waals surface area (Å²) in [4.78, 5) is 2.60. The van der Waals surface area contributed by atoms with Crippen molar-refractivity contribution >= 4 is 23.5 Å². The quantitative estimate of drug-likeness (QED) is 0.766. The average Bonchev–Trinajstić information content (AvgIpc) is 2.90. The van der Waals surface area contributed by atoms with E-state index in [4.69, 9.17) is 0 Å². The summed E-state index contributed by atoms with van der Waals surface area (Å²) >= 11 is 3.31. The highest BCUT2D eigenvalue weighted by molar-refractivity contribution is 7.99. The molecular formula is C11H15N3S2. The Bertz CT molecular complexity index is 419. The van der Waals surface area contributed by atoms with Crippen LogP contribution < -0.4 is 0 Å². The third-order valence-corrected chi connectivity index (χ3v) is 6.25. The zero-order chi connectivity index (χ0) is 10.8. The molecule has 0 amide bonds. The van der Waals surface area contributed by atoms with Gasteiger partial charge in [0.1, 0.15) is 5.03 Å². The Kier molecular flexibility index (Phi) is 1.97. The molecule has 0 spiro atoms. The summed E-state index contributed by atoms with van der Waals surface area (Å²) < 4.78 is 9.12. The molecule has 0 N–H and O–H groups in total. The van der Waals surface area contributed by atoms with Gasteiger partial charge in [-0.25, -0.2) is 0 Å². The molecule has 1 saturated carbocycles. The Morgan fingerprint density at radius 3 is 2.88 bits per heavy atom. The van der Waals surface area contributed by atoms with Crippen molar-refractivity contribution in [2.45, 2.75) is 23.8 Å². The van der Waals surface area contributed by atoms with Crippen LogP contribution in [0.5, 0.6) is 0 Å². The highest BCUT2D eigenvalue weighted by Crippen LogP contribution is 2.69. The van der Waals surface area contributed by atoms with Gasteiger partial charge in [-0.3, -0.25) is 0 Å². The fourth-order valence-electron chi connectivity index (χ4n) is 3.73. The van der Waals surface area contributed by atoms with Crippen LogP contribution in [0, 0.1) is 11.8 Å². The molecule has 3 saturated heterocycles. The van der Waals surface area contributed by atoms with Crippen LogP contribution in [0.1, 0.15) is 19.0 Å². The van der Waals surface area contributed by atoms with Gasteiger partial charge in [0.25, 0.3) is 0 Å². The van der Waals surface area contributed by atoms with Gasteiger partial charge < -0.3 is 4.90 Å². The molecule has 16 heavy (non-hydrogen) atoms. The van der Waals surface area contributed by atoms with Crippen molar-refractivity contribution in [3.63, 3.8) is 0 Å². The molecule has 86 valence electrons. The normalized spacial score (nSPS) is 42.9. The minimum Gasteiger partial charge on any atom is -0.302 e. The van der Waals surface area contributed by atoms with Crippen LogP contribution >= 0.6 is 23.5 Å². The molecular weight excluding hydrogens is 238 g/mol. The van der Waals surface area contributed by atoms with Crippen molar-refractivity contribution in [3.05, 3.63) is 5.69 Å². The monoisotopic (exact) mass is 253 g/mol.